The lowest BCUT2D eigenvalue weighted by Crippen LogP contribution is -2.21. The van der Waals surface area contributed by atoms with Crippen molar-refractivity contribution >= 4 is 17.4 Å². The minimum absolute atomic E-state index is 0.184. The van der Waals surface area contributed by atoms with Crippen LogP contribution in [0.25, 0.3) is 11.3 Å². The molecule has 5 nitrogen and oxygen atoms in total. The van der Waals surface area contributed by atoms with E-state index in [4.69, 9.17) is 4.74 Å². The number of hydrogen-bond acceptors (Lipinski definition) is 6. The number of fused-ring (bicyclic) bond motifs is 3. The second-order valence-corrected chi connectivity index (χ2v) is 6.41. The molecule has 6 heteroatoms. The molecule has 0 unspecified atom stereocenters. The number of hydrogen-bond donors (Lipinski definition) is 1. The molecule has 24 heavy (non-hydrogen) atoms. The maximum Gasteiger partial charge on any atom is 0.247 e. The summed E-state index contributed by atoms with van der Waals surface area (Å²) in [4.78, 5) is 4.56. The third kappa shape index (κ3) is 3.05. The van der Waals surface area contributed by atoms with E-state index in [2.05, 4.69) is 32.6 Å². The monoisotopic (exact) mass is 336 g/mol. The minimum atomic E-state index is -0.184. The van der Waals surface area contributed by atoms with Crippen LogP contribution in [0, 0.1) is 0 Å². The number of thioether (sulfide) groups is 1. The van der Waals surface area contributed by atoms with Crippen molar-refractivity contribution in [3.8, 4) is 17.1 Å². The van der Waals surface area contributed by atoms with E-state index >= 15 is 0 Å². The van der Waals surface area contributed by atoms with E-state index in [1.54, 1.807) is 11.8 Å². The van der Waals surface area contributed by atoms with Crippen LogP contribution < -0.4 is 10.1 Å². The molecule has 0 saturated heterocycles. The Morgan fingerprint density at radius 3 is 2.71 bits per heavy atom. The lowest BCUT2D eigenvalue weighted by molar-refractivity contribution is 0.240. The smallest absolute Gasteiger partial charge is 0.247 e. The Balaban J connectivity index is 1.63. The molecule has 0 radical (unpaired) electrons. The Kier molecular flexibility index (Phi) is 4.04. The molecule has 1 aromatic heterocycles. The normalized spacial score (nSPS) is 15.5. The fraction of sp³-hybridized carbons (Fsp3) is 0.167. The van der Waals surface area contributed by atoms with Crippen molar-refractivity contribution in [1.29, 1.82) is 0 Å². The highest BCUT2D eigenvalue weighted by Gasteiger charge is 2.22. The molecule has 1 aliphatic heterocycles. The molecule has 1 atom stereocenters. The van der Waals surface area contributed by atoms with Gasteiger partial charge in [0.25, 0.3) is 0 Å². The molecule has 0 bridgehead atoms. The van der Waals surface area contributed by atoms with E-state index in [9.17, 15) is 0 Å². The number of para-hydroxylation sites is 1. The van der Waals surface area contributed by atoms with Gasteiger partial charge in [-0.05, 0) is 18.6 Å². The van der Waals surface area contributed by atoms with Crippen LogP contribution in [-0.4, -0.2) is 21.4 Å². The second-order valence-electron chi connectivity index (χ2n) is 5.47. The fourth-order valence-electron chi connectivity index (χ4n) is 2.56. The van der Waals surface area contributed by atoms with E-state index in [1.165, 1.54) is 5.56 Å². The Hall–Kier alpha value is -2.60. The Labute approximate surface area is 144 Å². The zero-order valence-electron chi connectivity index (χ0n) is 13.1. The predicted molar refractivity (Wildman–Crippen MR) is 95.0 cm³/mol. The molecular weight excluding hydrogens is 320 g/mol. The van der Waals surface area contributed by atoms with Gasteiger partial charge in [0, 0.05) is 17.0 Å². The van der Waals surface area contributed by atoms with Crippen LogP contribution in [0.15, 0.2) is 59.8 Å². The summed E-state index contributed by atoms with van der Waals surface area (Å²) in [6, 6.07) is 18.2. The largest absolute Gasteiger partial charge is 0.452 e. The summed E-state index contributed by atoms with van der Waals surface area (Å²) in [6.45, 7) is 1.95. The number of nitrogens with one attached hydrogen (secondary N) is 1. The van der Waals surface area contributed by atoms with Gasteiger partial charge in [0.1, 0.15) is 0 Å². The minimum Gasteiger partial charge on any atom is -0.452 e. The van der Waals surface area contributed by atoms with Crippen LogP contribution in [0.4, 0.5) is 5.69 Å². The first-order chi connectivity index (χ1) is 11.8. The molecule has 3 aromatic rings. The molecular formula is C18H16N4OS. The van der Waals surface area contributed by atoms with Crippen molar-refractivity contribution < 1.29 is 4.74 Å². The van der Waals surface area contributed by atoms with Crippen molar-refractivity contribution in [1.82, 2.24) is 15.2 Å². The molecule has 0 fully saturated rings. The van der Waals surface area contributed by atoms with Crippen LogP contribution in [0.1, 0.15) is 12.5 Å². The zero-order chi connectivity index (χ0) is 16.4. The summed E-state index contributed by atoms with van der Waals surface area (Å²) < 4.78 is 5.89. The second kappa shape index (κ2) is 6.49. The first kappa shape index (κ1) is 15.0. The summed E-state index contributed by atoms with van der Waals surface area (Å²) in [5.74, 6) is 1.32. The van der Waals surface area contributed by atoms with Crippen LogP contribution in [-0.2, 0) is 5.75 Å². The molecule has 0 aliphatic carbocycles. The van der Waals surface area contributed by atoms with Crippen LogP contribution >= 0.6 is 11.8 Å². The van der Waals surface area contributed by atoms with Gasteiger partial charge in [-0.15, -0.1) is 10.2 Å². The molecule has 0 spiro atoms. The van der Waals surface area contributed by atoms with Gasteiger partial charge in [-0.25, -0.2) is 0 Å². The lowest BCUT2D eigenvalue weighted by Gasteiger charge is -2.13. The molecule has 1 aliphatic rings. The van der Waals surface area contributed by atoms with Crippen molar-refractivity contribution in [3.63, 3.8) is 0 Å². The molecule has 4 rings (SSSR count). The van der Waals surface area contributed by atoms with Crippen molar-refractivity contribution in [2.75, 3.05) is 5.32 Å². The van der Waals surface area contributed by atoms with Gasteiger partial charge in [0.05, 0.1) is 0 Å². The Morgan fingerprint density at radius 2 is 1.83 bits per heavy atom. The summed E-state index contributed by atoms with van der Waals surface area (Å²) in [5, 5.41) is 12.6. The average Bonchev–Trinajstić information content (AvgIpc) is 2.75. The first-order valence-corrected chi connectivity index (χ1v) is 8.72. The fourth-order valence-corrected chi connectivity index (χ4v) is 3.30. The number of aromatic nitrogens is 3. The highest BCUT2D eigenvalue weighted by Crippen LogP contribution is 2.36. The number of nitrogens with zero attached hydrogens (tertiary/aromatic N) is 3. The number of rotatable bonds is 3. The van der Waals surface area contributed by atoms with Crippen molar-refractivity contribution in [2.45, 2.75) is 24.1 Å². The number of ether oxygens (including phenoxy) is 1. The molecule has 0 amide bonds. The first-order valence-electron chi connectivity index (χ1n) is 7.73. The average molecular weight is 336 g/mol. The van der Waals surface area contributed by atoms with Gasteiger partial charge in [0.2, 0.25) is 11.0 Å². The van der Waals surface area contributed by atoms with E-state index in [-0.39, 0.29) is 6.23 Å². The van der Waals surface area contributed by atoms with Crippen LogP contribution in [0.5, 0.6) is 5.88 Å². The third-order valence-electron chi connectivity index (χ3n) is 3.68. The quantitative estimate of drug-likeness (QED) is 0.730. The predicted octanol–water partition coefficient (Wildman–Crippen LogP) is 3.98. The van der Waals surface area contributed by atoms with Gasteiger partial charge < -0.3 is 10.1 Å². The molecule has 2 aromatic carbocycles. The highest BCUT2D eigenvalue weighted by molar-refractivity contribution is 7.98. The standard InChI is InChI=1S/C18H16N4OS/c1-12-19-15-10-6-5-9-14(15)16-17(23-12)20-18(22-21-16)24-11-13-7-3-2-4-8-13/h2-10,12,19H,11H2,1H3/t12-/m1/s1. The van der Waals surface area contributed by atoms with Gasteiger partial charge in [0.15, 0.2) is 11.9 Å². The Morgan fingerprint density at radius 1 is 1.04 bits per heavy atom. The third-order valence-corrected chi connectivity index (χ3v) is 4.58. The zero-order valence-corrected chi connectivity index (χ0v) is 14.0. The topological polar surface area (TPSA) is 59.9 Å². The maximum atomic E-state index is 5.89. The lowest BCUT2D eigenvalue weighted by atomic mass is 10.1. The maximum absolute atomic E-state index is 5.89. The SMILES string of the molecule is C[C@@H]1Nc2ccccc2-c2nnc(SCc3ccccc3)nc2O1. The van der Waals surface area contributed by atoms with Gasteiger partial charge in [-0.1, -0.05) is 60.3 Å². The summed E-state index contributed by atoms with van der Waals surface area (Å²) in [7, 11) is 0. The number of benzene rings is 2. The molecule has 1 N–H and O–H groups in total. The van der Waals surface area contributed by atoms with E-state index < -0.39 is 0 Å². The van der Waals surface area contributed by atoms with E-state index in [1.807, 2.05) is 49.4 Å². The highest BCUT2D eigenvalue weighted by atomic mass is 32.2. The Bertz CT molecular complexity index is 857. The van der Waals surface area contributed by atoms with Crippen LogP contribution in [0.3, 0.4) is 0 Å². The van der Waals surface area contributed by atoms with Gasteiger partial charge >= 0.3 is 0 Å². The van der Waals surface area contributed by atoms with Crippen molar-refractivity contribution in [3.05, 3.63) is 60.2 Å². The van der Waals surface area contributed by atoms with Gasteiger partial charge in [-0.2, -0.15) is 4.98 Å². The summed E-state index contributed by atoms with van der Waals surface area (Å²) in [6.07, 6.45) is -0.184. The van der Waals surface area contributed by atoms with Crippen molar-refractivity contribution in [2.24, 2.45) is 0 Å². The van der Waals surface area contributed by atoms with Crippen LogP contribution in [0.2, 0.25) is 0 Å². The van der Waals surface area contributed by atoms with E-state index in [0.717, 1.165) is 17.0 Å². The summed E-state index contributed by atoms with van der Waals surface area (Å²) >= 11 is 1.55. The van der Waals surface area contributed by atoms with E-state index in [0.29, 0.717) is 16.7 Å². The molecule has 120 valence electrons. The molecule has 2 heterocycles. The summed E-state index contributed by atoms with van der Waals surface area (Å²) in [5.41, 5.74) is 3.83. The van der Waals surface area contributed by atoms with Gasteiger partial charge in [-0.3, -0.25) is 0 Å². The number of anilines is 1. The molecule has 0 saturated carbocycles.